The lowest BCUT2D eigenvalue weighted by Crippen LogP contribution is -2.26. The normalized spacial score (nSPS) is 17.5. The summed E-state index contributed by atoms with van der Waals surface area (Å²) < 4.78 is 5.20. The molecular formula is C18H20O3S. The molecular weight excluding hydrogens is 296 g/mol. The number of thiophene rings is 1. The molecule has 0 radical (unpaired) electrons. The minimum absolute atomic E-state index is 0.00632. The average molecular weight is 316 g/mol. The van der Waals surface area contributed by atoms with E-state index < -0.39 is 0 Å². The molecule has 1 aliphatic rings. The molecule has 0 N–H and O–H groups in total. The predicted octanol–water partition coefficient (Wildman–Crippen LogP) is 4.52. The Morgan fingerprint density at radius 2 is 2.09 bits per heavy atom. The lowest BCUT2D eigenvalue weighted by atomic mass is 9.73. The van der Waals surface area contributed by atoms with Crippen molar-refractivity contribution in [2.24, 2.45) is 5.41 Å². The SMILES string of the molecule is CC(=O)OC1=CC(C)=C(C(=O)/C=C/c2ccsc2)C(C)(C)C1. The Hall–Kier alpha value is -1.94. The van der Waals surface area contributed by atoms with Crippen LogP contribution >= 0.6 is 11.3 Å². The topological polar surface area (TPSA) is 43.4 Å². The van der Waals surface area contributed by atoms with Gasteiger partial charge in [-0.15, -0.1) is 0 Å². The zero-order chi connectivity index (χ0) is 16.3. The van der Waals surface area contributed by atoms with Crippen molar-refractivity contribution in [3.05, 3.63) is 51.4 Å². The first kappa shape index (κ1) is 16.4. The van der Waals surface area contributed by atoms with Crippen molar-refractivity contribution in [1.82, 2.24) is 0 Å². The van der Waals surface area contributed by atoms with Crippen LogP contribution in [-0.4, -0.2) is 11.8 Å². The number of esters is 1. The van der Waals surface area contributed by atoms with Gasteiger partial charge in [0, 0.05) is 24.3 Å². The van der Waals surface area contributed by atoms with Gasteiger partial charge >= 0.3 is 5.97 Å². The summed E-state index contributed by atoms with van der Waals surface area (Å²) in [5.41, 5.74) is 2.29. The highest BCUT2D eigenvalue weighted by Crippen LogP contribution is 2.41. The van der Waals surface area contributed by atoms with Gasteiger partial charge in [0.1, 0.15) is 5.76 Å². The largest absolute Gasteiger partial charge is 0.431 e. The summed E-state index contributed by atoms with van der Waals surface area (Å²) in [6.45, 7) is 7.27. The minimum Gasteiger partial charge on any atom is -0.431 e. The fraction of sp³-hybridized carbons (Fsp3) is 0.333. The molecule has 0 bridgehead atoms. The lowest BCUT2D eigenvalue weighted by Gasteiger charge is -2.32. The highest BCUT2D eigenvalue weighted by atomic mass is 32.1. The van der Waals surface area contributed by atoms with E-state index in [4.69, 9.17) is 4.74 Å². The third-order valence-electron chi connectivity index (χ3n) is 3.56. The van der Waals surface area contributed by atoms with Gasteiger partial charge in [-0.25, -0.2) is 0 Å². The molecule has 1 heterocycles. The average Bonchev–Trinajstić information content (AvgIpc) is 2.86. The second-order valence-corrected chi connectivity index (χ2v) is 6.86. The lowest BCUT2D eigenvalue weighted by molar-refractivity contribution is -0.137. The Morgan fingerprint density at radius 3 is 2.64 bits per heavy atom. The maximum atomic E-state index is 12.6. The van der Waals surface area contributed by atoms with Gasteiger partial charge in [0.05, 0.1) is 0 Å². The van der Waals surface area contributed by atoms with E-state index in [-0.39, 0.29) is 17.2 Å². The molecule has 0 aromatic carbocycles. The molecule has 0 atom stereocenters. The Balaban J connectivity index is 2.28. The number of hydrogen-bond acceptors (Lipinski definition) is 4. The van der Waals surface area contributed by atoms with Crippen LogP contribution in [-0.2, 0) is 14.3 Å². The van der Waals surface area contributed by atoms with Crippen LogP contribution in [0.2, 0.25) is 0 Å². The molecule has 0 amide bonds. The zero-order valence-corrected chi connectivity index (χ0v) is 14.1. The Bertz CT molecular complexity index is 673. The summed E-state index contributed by atoms with van der Waals surface area (Å²) in [5.74, 6) is 0.294. The smallest absolute Gasteiger partial charge is 0.307 e. The first-order chi connectivity index (χ1) is 10.3. The van der Waals surface area contributed by atoms with Gasteiger partial charge in [0.15, 0.2) is 5.78 Å². The van der Waals surface area contributed by atoms with Crippen LogP contribution in [0.5, 0.6) is 0 Å². The van der Waals surface area contributed by atoms with Gasteiger partial charge in [-0.2, -0.15) is 11.3 Å². The van der Waals surface area contributed by atoms with Gasteiger partial charge < -0.3 is 4.74 Å². The minimum atomic E-state index is -0.361. The summed E-state index contributed by atoms with van der Waals surface area (Å²) in [5, 5.41) is 3.98. The van der Waals surface area contributed by atoms with Gasteiger partial charge in [-0.1, -0.05) is 19.9 Å². The molecule has 1 aromatic rings. The molecule has 2 rings (SSSR count). The summed E-state index contributed by atoms with van der Waals surface area (Å²) >= 11 is 1.60. The zero-order valence-electron chi connectivity index (χ0n) is 13.3. The molecule has 0 unspecified atom stereocenters. The molecule has 0 saturated carbocycles. The number of rotatable bonds is 4. The molecule has 1 aromatic heterocycles. The Labute approximate surface area is 135 Å². The van der Waals surface area contributed by atoms with Crippen LogP contribution in [0.3, 0.4) is 0 Å². The van der Waals surface area contributed by atoms with Crippen molar-refractivity contribution in [2.45, 2.75) is 34.1 Å². The standard InChI is InChI=1S/C18H20O3S/c1-12-9-15(21-13(2)19)10-18(3,4)17(12)16(20)6-5-14-7-8-22-11-14/h5-9,11H,10H2,1-4H3/b6-5+. The maximum Gasteiger partial charge on any atom is 0.307 e. The Kier molecular flexibility index (Phi) is 4.81. The van der Waals surface area contributed by atoms with E-state index in [1.54, 1.807) is 23.5 Å². The third-order valence-corrected chi connectivity index (χ3v) is 4.26. The number of ether oxygens (including phenoxy) is 1. The highest BCUT2D eigenvalue weighted by Gasteiger charge is 2.34. The van der Waals surface area contributed by atoms with Crippen LogP contribution in [0.4, 0.5) is 0 Å². The number of hydrogen-bond donors (Lipinski definition) is 0. The highest BCUT2D eigenvalue weighted by molar-refractivity contribution is 7.08. The van der Waals surface area contributed by atoms with Crippen molar-refractivity contribution in [3.63, 3.8) is 0 Å². The van der Waals surface area contributed by atoms with E-state index >= 15 is 0 Å². The summed E-state index contributed by atoms with van der Waals surface area (Å²) in [4.78, 5) is 23.7. The monoisotopic (exact) mass is 316 g/mol. The van der Waals surface area contributed by atoms with Crippen molar-refractivity contribution in [2.75, 3.05) is 0 Å². The van der Waals surface area contributed by atoms with E-state index in [1.807, 2.05) is 43.7 Å². The van der Waals surface area contributed by atoms with Crippen LogP contribution in [0.25, 0.3) is 6.08 Å². The molecule has 0 fully saturated rings. The maximum absolute atomic E-state index is 12.6. The third kappa shape index (κ3) is 3.83. The van der Waals surface area contributed by atoms with Crippen LogP contribution in [0.1, 0.15) is 39.7 Å². The second-order valence-electron chi connectivity index (χ2n) is 6.08. The summed E-state index contributed by atoms with van der Waals surface area (Å²) in [7, 11) is 0. The molecule has 0 spiro atoms. The fourth-order valence-electron chi connectivity index (χ4n) is 2.83. The van der Waals surface area contributed by atoms with E-state index in [0.29, 0.717) is 12.2 Å². The van der Waals surface area contributed by atoms with Crippen LogP contribution in [0.15, 0.2) is 45.9 Å². The van der Waals surface area contributed by atoms with Gasteiger partial charge in [-0.05, 0) is 47.0 Å². The molecule has 116 valence electrons. The second kappa shape index (κ2) is 6.44. The van der Waals surface area contributed by atoms with E-state index in [0.717, 1.165) is 16.7 Å². The molecule has 4 heteroatoms. The van der Waals surface area contributed by atoms with Crippen molar-refractivity contribution in [3.8, 4) is 0 Å². The number of ketones is 1. The predicted molar refractivity (Wildman–Crippen MR) is 89.3 cm³/mol. The van der Waals surface area contributed by atoms with Crippen LogP contribution < -0.4 is 0 Å². The van der Waals surface area contributed by atoms with Gasteiger partial charge in [0.2, 0.25) is 0 Å². The van der Waals surface area contributed by atoms with E-state index in [1.165, 1.54) is 6.92 Å². The van der Waals surface area contributed by atoms with Gasteiger partial charge in [0.25, 0.3) is 0 Å². The molecule has 1 aliphatic carbocycles. The van der Waals surface area contributed by atoms with Crippen LogP contribution in [0, 0.1) is 5.41 Å². The van der Waals surface area contributed by atoms with Crippen molar-refractivity contribution < 1.29 is 14.3 Å². The van der Waals surface area contributed by atoms with E-state index in [2.05, 4.69) is 0 Å². The summed E-state index contributed by atoms with van der Waals surface area (Å²) in [6.07, 6.45) is 5.78. The molecule has 0 aliphatic heterocycles. The van der Waals surface area contributed by atoms with E-state index in [9.17, 15) is 9.59 Å². The van der Waals surface area contributed by atoms with Crippen molar-refractivity contribution in [1.29, 1.82) is 0 Å². The molecule has 22 heavy (non-hydrogen) atoms. The fourth-order valence-corrected chi connectivity index (χ4v) is 3.45. The van der Waals surface area contributed by atoms with Crippen molar-refractivity contribution >= 4 is 29.2 Å². The quantitative estimate of drug-likeness (QED) is 0.606. The first-order valence-corrected chi connectivity index (χ1v) is 8.09. The molecule has 0 saturated heterocycles. The number of carbonyl (C=O) groups is 2. The first-order valence-electron chi connectivity index (χ1n) is 7.14. The number of carbonyl (C=O) groups excluding carboxylic acids is 2. The number of allylic oxidation sites excluding steroid dienone is 5. The summed E-state index contributed by atoms with van der Waals surface area (Å²) in [6, 6.07) is 1.97. The Morgan fingerprint density at radius 1 is 1.36 bits per heavy atom. The molecule has 3 nitrogen and oxygen atoms in total. The van der Waals surface area contributed by atoms with Gasteiger partial charge in [-0.3, -0.25) is 9.59 Å².